The first-order valence-corrected chi connectivity index (χ1v) is 7.55. The third-order valence-electron chi connectivity index (χ3n) is 3.52. The number of hydrogen-bond acceptors (Lipinski definition) is 9. The lowest BCUT2D eigenvalue weighted by molar-refractivity contribution is 0.120. The quantitative estimate of drug-likeness (QED) is 0.862. The minimum absolute atomic E-state index is 0.214. The molecule has 9 nitrogen and oxygen atoms in total. The van der Waals surface area contributed by atoms with E-state index in [1.165, 1.54) is 0 Å². The van der Waals surface area contributed by atoms with Crippen LogP contribution in [-0.2, 0) is 11.2 Å². The van der Waals surface area contributed by atoms with Gasteiger partial charge in [0.1, 0.15) is 12.1 Å². The van der Waals surface area contributed by atoms with E-state index in [0.29, 0.717) is 62.8 Å². The number of nitrogens with zero attached hydrogens (tertiary/aromatic N) is 5. The van der Waals surface area contributed by atoms with Crippen LogP contribution in [0.5, 0.6) is 0 Å². The molecular weight excluding hydrogens is 312 g/mol. The van der Waals surface area contributed by atoms with Crippen LogP contribution in [-0.4, -0.2) is 42.8 Å². The van der Waals surface area contributed by atoms with E-state index in [9.17, 15) is 5.26 Å². The number of nitrogens with one attached hydrogen (secondary N) is 1. The summed E-state index contributed by atoms with van der Waals surface area (Å²) < 4.78 is 16.3. The second kappa shape index (κ2) is 7.02. The molecule has 1 aliphatic heterocycles. The van der Waals surface area contributed by atoms with Crippen molar-refractivity contribution in [1.82, 2.24) is 9.97 Å². The fourth-order valence-corrected chi connectivity index (χ4v) is 2.42. The highest BCUT2D eigenvalue weighted by Crippen LogP contribution is 2.23. The summed E-state index contributed by atoms with van der Waals surface area (Å²) >= 11 is 0. The second-order valence-corrected chi connectivity index (χ2v) is 5.17. The fraction of sp³-hybridized carbons (Fsp3) is 0.467. The van der Waals surface area contributed by atoms with Crippen LogP contribution in [0.1, 0.15) is 23.2 Å². The molecule has 0 spiro atoms. The van der Waals surface area contributed by atoms with E-state index in [4.69, 9.17) is 18.8 Å². The van der Waals surface area contributed by atoms with Crippen LogP contribution in [0.2, 0.25) is 0 Å². The number of aryl methyl sites for hydroxylation is 1. The lowest BCUT2D eigenvalue weighted by Crippen LogP contribution is -2.36. The molecule has 124 valence electrons. The van der Waals surface area contributed by atoms with Crippen LogP contribution in [0.15, 0.2) is 8.83 Å². The van der Waals surface area contributed by atoms with Gasteiger partial charge in [0.15, 0.2) is 11.8 Å². The van der Waals surface area contributed by atoms with Gasteiger partial charge in [0.05, 0.1) is 13.2 Å². The normalized spacial score (nSPS) is 14.2. The van der Waals surface area contributed by atoms with Crippen molar-refractivity contribution in [1.29, 1.82) is 10.5 Å². The second-order valence-electron chi connectivity index (χ2n) is 5.17. The molecule has 0 saturated carbocycles. The van der Waals surface area contributed by atoms with Crippen molar-refractivity contribution in [3.8, 4) is 12.1 Å². The molecule has 0 radical (unpaired) electrons. The molecule has 2 aromatic heterocycles. The Kier molecular flexibility index (Phi) is 4.64. The molecule has 0 aromatic carbocycles. The maximum Gasteiger partial charge on any atom is 0.234 e. The van der Waals surface area contributed by atoms with Gasteiger partial charge >= 0.3 is 0 Å². The Morgan fingerprint density at radius 3 is 2.58 bits per heavy atom. The number of anilines is 2. The van der Waals surface area contributed by atoms with Gasteiger partial charge in [0, 0.05) is 33.0 Å². The lowest BCUT2D eigenvalue weighted by Gasteiger charge is -2.25. The van der Waals surface area contributed by atoms with Crippen LogP contribution in [0.25, 0.3) is 0 Å². The molecule has 3 heterocycles. The smallest absolute Gasteiger partial charge is 0.234 e. The van der Waals surface area contributed by atoms with Crippen molar-refractivity contribution in [2.75, 3.05) is 43.1 Å². The van der Waals surface area contributed by atoms with Gasteiger partial charge in [-0.05, 0) is 0 Å². The van der Waals surface area contributed by atoms with Gasteiger partial charge in [-0.1, -0.05) is 0 Å². The summed E-state index contributed by atoms with van der Waals surface area (Å²) in [5.74, 6) is 1.70. The van der Waals surface area contributed by atoms with Gasteiger partial charge in [-0.25, -0.2) is 9.97 Å². The summed E-state index contributed by atoms with van der Waals surface area (Å²) in [6.07, 6.45) is 0.448. The Bertz CT molecular complexity index is 791. The highest BCUT2D eigenvalue weighted by molar-refractivity contribution is 5.48. The number of ether oxygens (including phenoxy) is 1. The zero-order valence-electron chi connectivity index (χ0n) is 13.2. The van der Waals surface area contributed by atoms with Gasteiger partial charge < -0.3 is 23.8 Å². The van der Waals surface area contributed by atoms with Crippen molar-refractivity contribution in [3.05, 3.63) is 23.2 Å². The SMILES string of the molecule is Cc1nc(C#N)c(NCCc2nc(C#N)c(N3CCOCC3)o2)o1. The topological polar surface area (TPSA) is 124 Å². The third-order valence-corrected chi connectivity index (χ3v) is 3.52. The molecule has 24 heavy (non-hydrogen) atoms. The van der Waals surface area contributed by atoms with Gasteiger partial charge in [-0.3, -0.25) is 0 Å². The standard InChI is InChI=1S/C15H16N6O3/c1-10-19-11(8-16)14(23-10)18-3-2-13-20-12(9-17)15(24-13)21-4-6-22-7-5-21/h18H,2-7H2,1H3. The summed E-state index contributed by atoms with van der Waals surface area (Å²) in [4.78, 5) is 10.1. The van der Waals surface area contributed by atoms with E-state index in [0.717, 1.165) is 0 Å². The molecular formula is C15H16N6O3. The molecule has 1 saturated heterocycles. The molecule has 1 fully saturated rings. The Hall–Kier alpha value is -3.04. The Labute approximate surface area is 138 Å². The summed E-state index contributed by atoms with van der Waals surface area (Å²) in [5, 5.41) is 21.2. The predicted octanol–water partition coefficient (Wildman–Crippen LogP) is 1.21. The number of rotatable bonds is 5. The van der Waals surface area contributed by atoms with Crippen molar-refractivity contribution in [2.45, 2.75) is 13.3 Å². The summed E-state index contributed by atoms with van der Waals surface area (Å²) in [7, 11) is 0. The molecule has 0 aliphatic carbocycles. The molecule has 1 N–H and O–H groups in total. The number of oxazole rings is 2. The first-order valence-electron chi connectivity index (χ1n) is 7.55. The molecule has 3 rings (SSSR count). The van der Waals surface area contributed by atoms with Gasteiger partial charge in [0.25, 0.3) is 0 Å². The van der Waals surface area contributed by atoms with Crippen molar-refractivity contribution in [2.24, 2.45) is 0 Å². The zero-order valence-corrected chi connectivity index (χ0v) is 13.2. The third kappa shape index (κ3) is 3.31. The first kappa shape index (κ1) is 15.8. The van der Waals surface area contributed by atoms with Gasteiger partial charge in [-0.2, -0.15) is 10.5 Å². The number of aromatic nitrogens is 2. The van der Waals surface area contributed by atoms with E-state index in [2.05, 4.69) is 21.4 Å². The average molecular weight is 328 g/mol. The maximum absolute atomic E-state index is 9.23. The average Bonchev–Trinajstić information content (AvgIpc) is 3.18. The van der Waals surface area contributed by atoms with Crippen molar-refractivity contribution < 1.29 is 13.6 Å². The number of nitriles is 2. The van der Waals surface area contributed by atoms with E-state index in [-0.39, 0.29) is 11.4 Å². The van der Waals surface area contributed by atoms with Crippen molar-refractivity contribution >= 4 is 11.8 Å². The van der Waals surface area contributed by atoms with Crippen LogP contribution in [0.3, 0.4) is 0 Å². The molecule has 0 atom stereocenters. The fourth-order valence-electron chi connectivity index (χ4n) is 2.42. The van der Waals surface area contributed by atoms with E-state index in [1.54, 1.807) is 6.92 Å². The lowest BCUT2D eigenvalue weighted by atomic mass is 10.4. The van der Waals surface area contributed by atoms with Crippen LogP contribution >= 0.6 is 0 Å². The van der Waals surface area contributed by atoms with Gasteiger partial charge in [-0.15, -0.1) is 0 Å². The van der Waals surface area contributed by atoms with E-state index < -0.39 is 0 Å². The highest BCUT2D eigenvalue weighted by atomic mass is 16.5. The minimum atomic E-state index is 0.214. The largest absolute Gasteiger partial charge is 0.424 e. The molecule has 9 heteroatoms. The van der Waals surface area contributed by atoms with Crippen LogP contribution in [0, 0.1) is 29.6 Å². The van der Waals surface area contributed by atoms with Crippen LogP contribution in [0.4, 0.5) is 11.8 Å². The zero-order chi connectivity index (χ0) is 16.9. The van der Waals surface area contributed by atoms with Crippen molar-refractivity contribution in [3.63, 3.8) is 0 Å². The van der Waals surface area contributed by atoms with E-state index in [1.807, 2.05) is 11.0 Å². The predicted molar refractivity (Wildman–Crippen MR) is 82.4 cm³/mol. The number of morpholine rings is 1. The summed E-state index contributed by atoms with van der Waals surface area (Å²) in [6.45, 7) is 4.66. The molecule has 0 amide bonds. The molecule has 0 unspecified atom stereocenters. The Morgan fingerprint density at radius 2 is 1.88 bits per heavy atom. The molecule has 0 bridgehead atoms. The monoisotopic (exact) mass is 328 g/mol. The Morgan fingerprint density at radius 1 is 1.12 bits per heavy atom. The minimum Gasteiger partial charge on any atom is -0.424 e. The molecule has 2 aromatic rings. The summed E-state index contributed by atoms with van der Waals surface area (Å²) in [5.41, 5.74) is 0.492. The maximum atomic E-state index is 9.23. The Balaban J connectivity index is 1.64. The highest BCUT2D eigenvalue weighted by Gasteiger charge is 2.21. The molecule has 1 aliphatic rings. The van der Waals surface area contributed by atoms with E-state index >= 15 is 0 Å². The van der Waals surface area contributed by atoms with Crippen LogP contribution < -0.4 is 10.2 Å². The number of hydrogen-bond donors (Lipinski definition) is 1. The first-order chi connectivity index (χ1) is 11.7. The van der Waals surface area contributed by atoms with Gasteiger partial charge in [0.2, 0.25) is 23.2 Å². The summed E-state index contributed by atoms with van der Waals surface area (Å²) in [6, 6.07) is 4.03.